The van der Waals surface area contributed by atoms with Gasteiger partial charge in [0.25, 0.3) is 0 Å². The molecule has 3 N–H and O–H groups in total. The van der Waals surface area contributed by atoms with Gasteiger partial charge in [-0.2, -0.15) is 0 Å². The third-order valence-corrected chi connectivity index (χ3v) is 2.42. The number of ketones is 1. The van der Waals surface area contributed by atoms with E-state index in [1.54, 1.807) is 0 Å². The van der Waals surface area contributed by atoms with Gasteiger partial charge in [0.05, 0.1) is 5.92 Å². The topological polar surface area (TPSA) is 112 Å². The van der Waals surface area contributed by atoms with Gasteiger partial charge in [0.15, 0.2) is 0 Å². The van der Waals surface area contributed by atoms with Gasteiger partial charge in [-0.1, -0.05) is 6.92 Å². The Morgan fingerprint density at radius 2 is 1.86 bits per heavy atom. The van der Waals surface area contributed by atoms with E-state index in [2.05, 4.69) is 0 Å². The van der Waals surface area contributed by atoms with Crippen molar-refractivity contribution in [1.82, 2.24) is 0 Å². The predicted molar refractivity (Wildman–Crippen MR) is 48.0 cm³/mol. The maximum atomic E-state index is 10.9. The molecule has 0 saturated carbocycles. The van der Waals surface area contributed by atoms with Gasteiger partial charge in [0, 0.05) is 6.42 Å². The first-order valence-electron chi connectivity index (χ1n) is 4.01. The minimum atomic E-state index is -4.30. The Balaban J connectivity index is 3.87. The van der Waals surface area contributed by atoms with Crippen molar-refractivity contribution in [3.8, 4) is 0 Å². The molecule has 0 aromatic rings. The van der Waals surface area contributed by atoms with Gasteiger partial charge in [0.1, 0.15) is 11.9 Å². The van der Waals surface area contributed by atoms with Crippen molar-refractivity contribution in [1.29, 1.82) is 0 Å². The average molecular weight is 224 g/mol. The van der Waals surface area contributed by atoms with E-state index in [1.807, 2.05) is 0 Å². The zero-order valence-electron chi connectivity index (χ0n) is 7.71. The average Bonchev–Trinajstić information content (AvgIpc) is 1.96. The summed E-state index contributed by atoms with van der Waals surface area (Å²) < 4.78 is 10.4. The molecule has 1 atom stereocenters. The Morgan fingerprint density at radius 1 is 1.36 bits per heavy atom. The first kappa shape index (κ1) is 13.3. The maximum absolute atomic E-state index is 10.9. The Morgan fingerprint density at radius 3 is 2.21 bits per heavy atom. The lowest BCUT2D eigenvalue weighted by Gasteiger charge is -2.05. The van der Waals surface area contributed by atoms with Gasteiger partial charge < -0.3 is 14.9 Å². The summed E-state index contributed by atoms with van der Waals surface area (Å²) in [7, 11) is -4.30. The molecule has 82 valence electrons. The molecule has 0 rings (SSSR count). The van der Waals surface area contributed by atoms with Gasteiger partial charge in [0.2, 0.25) is 0 Å². The second-order valence-corrected chi connectivity index (χ2v) is 4.79. The Labute approximate surface area is 81.1 Å². The van der Waals surface area contributed by atoms with E-state index < -0.39 is 31.4 Å². The molecule has 0 aliphatic rings. The van der Waals surface area contributed by atoms with Crippen LogP contribution in [0.5, 0.6) is 0 Å². The van der Waals surface area contributed by atoms with Crippen LogP contribution in [0.2, 0.25) is 0 Å². The second-order valence-electron chi connectivity index (χ2n) is 3.14. The lowest BCUT2D eigenvalue weighted by molar-refractivity contribution is -0.141. The molecule has 0 aromatic heterocycles. The van der Waals surface area contributed by atoms with Gasteiger partial charge in [-0.25, -0.2) is 0 Å². The quantitative estimate of drug-likeness (QED) is 0.557. The summed E-state index contributed by atoms with van der Waals surface area (Å²) in [6.07, 6.45) is -0.813. The highest BCUT2D eigenvalue weighted by atomic mass is 31.2. The third kappa shape index (κ3) is 6.77. The number of carbonyl (C=O) groups excluding carboxylic acids is 1. The van der Waals surface area contributed by atoms with Crippen molar-refractivity contribution in [2.75, 3.05) is 6.16 Å². The molecule has 0 radical (unpaired) electrons. The summed E-state index contributed by atoms with van der Waals surface area (Å²) in [5.41, 5.74) is 0. The van der Waals surface area contributed by atoms with Gasteiger partial charge in [-0.05, 0) is 6.42 Å². The third-order valence-electron chi connectivity index (χ3n) is 1.66. The molecule has 0 fully saturated rings. The van der Waals surface area contributed by atoms with E-state index >= 15 is 0 Å². The molecule has 0 saturated heterocycles. The summed E-state index contributed by atoms with van der Waals surface area (Å²) in [6, 6.07) is 0. The van der Waals surface area contributed by atoms with Crippen LogP contribution in [-0.4, -0.2) is 32.8 Å². The lowest BCUT2D eigenvalue weighted by Crippen LogP contribution is -2.13. The number of aliphatic carboxylic acids is 1. The summed E-state index contributed by atoms with van der Waals surface area (Å²) in [6.45, 7) is 1.44. The highest BCUT2D eigenvalue weighted by molar-refractivity contribution is 7.52. The number of rotatable bonds is 6. The largest absolute Gasteiger partial charge is 0.481 e. The van der Waals surface area contributed by atoms with Crippen LogP contribution in [0.25, 0.3) is 0 Å². The van der Waals surface area contributed by atoms with Crippen LogP contribution in [-0.2, 0) is 14.2 Å². The molecule has 1 unspecified atom stereocenters. The normalized spacial score (nSPS) is 13.6. The van der Waals surface area contributed by atoms with E-state index in [4.69, 9.17) is 14.9 Å². The van der Waals surface area contributed by atoms with Crippen LogP contribution in [0.15, 0.2) is 0 Å². The Hall–Kier alpha value is -0.710. The van der Waals surface area contributed by atoms with Crippen LogP contribution >= 0.6 is 7.60 Å². The van der Waals surface area contributed by atoms with E-state index in [9.17, 15) is 14.2 Å². The van der Waals surface area contributed by atoms with Crippen molar-refractivity contribution in [3.63, 3.8) is 0 Å². The van der Waals surface area contributed by atoms with E-state index in [0.717, 1.165) is 0 Å². The van der Waals surface area contributed by atoms with Crippen LogP contribution in [0.4, 0.5) is 0 Å². The highest BCUT2D eigenvalue weighted by Crippen LogP contribution is 2.34. The fourth-order valence-electron chi connectivity index (χ4n) is 0.810. The smallest absolute Gasteiger partial charge is 0.332 e. The minimum Gasteiger partial charge on any atom is -0.481 e. The minimum absolute atomic E-state index is 0.105. The van der Waals surface area contributed by atoms with Crippen LogP contribution < -0.4 is 0 Å². The molecular formula is C7H13O6P. The monoisotopic (exact) mass is 224 g/mol. The molecule has 0 aliphatic heterocycles. The standard InChI is InChI=1S/C7H13O6P/c1-5(7(9)10)2-3-6(8)4-14(11,12)13/h5H,2-4H2,1H3,(H,9,10)(H2,11,12,13). The van der Waals surface area contributed by atoms with E-state index in [1.165, 1.54) is 6.92 Å². The number of carbonyl (C=O) groups is 2. The van der Waals surface area contributed by atoms with Crippen molar-refractivity contribution < 1.29 is 29.0 Å². The fourth-order valence-corrected chi connectivity index (χ4v) is 1.43. The van der Waals surface area contributed by atoms with Crippen molar-refractivity contribution >= 4 is 19.3 Å². The number of carboxylic acids is 1. The summed E-state index contributed by atoms with van der Waals surface area (Å²) in [4.78, 5) is 38.1. The van der Waals surface area contributed by atoms with Crippen LogP contribution in [0.1, 0.15) is 19.8 Å². The predicted octanol–water partition coefficient (Wildman–Crippen LogP) is 0.234. The Kier molecular flexibility index (Phi) is 4.97. The summed E-state index contributed by atoms with van der Waals surface area (Å²) in [5.74, 6) is -2.30. The molecule has 0 bridgehead atoms. The molecule has 0 spiro atoms. The van der Waals surface area contributed by atoms with E-state index in [-0.39, 0.29) is 12.8 Å². The first-order chi connectivity index (χ1) is 6.22. The van der Waals surface area contributed by atoms with Crippen molar-refractivity contribution in [3.05, 3.63) is 0 Å². The molecule has 6 nitrogen and oxygen atoms in total. The van der Waals surface area contributed by atoms with Gasteiger partial charge in [-0.3, -0.25) is 14.2 Å². The summed E-state index contributed by atoms with van der Waals surface area (Å²) in [5, 5.41) is 8.46. The van der Waals surface area contributed by atoms with Gasteiger partial charge >= 0.3 is 13.6 Å². The number of carboxylic acid groups (broad SMARTS) is 1. The van der Waals surface area contributed by atoms with Crippen molar-refractivity contribution in [2.24, 2.45) is 5.92 Å². The maximum Gasteiger partial charge on any atom is 0.332 e. The highest BCUT2D eigenvalue weighted by Gasteiger charge is 2.20. The van der Waals surface area contributed by atoms with Crippen molar-refractivity contribution in [2.45, 2.75) is 19.8 Å². The molecular weight excluding hydrogens is 211 g/mol. The van der Waals surface area contributed by atoms with E-state index in [0.29, 0.717) is 0 Å². The number of hydrogen-bond donors (Lipinski definition) is 3. The van der Waals surface area contributed by atoms with Gasteiger partial charge in [-0.15, -0.1) is 0 Å². The van der Waals surface area contributed by atoms with Crippen LogP contribution in [0, 0.1) is 5.92 Å². The first-order valence-corrected chi connectivity index (χ1v) is 5.81. The zero-order valence-corrected chi connectivity index (χ0v) is 8.61. The van der Waals surface area contributed by atoms with Crippen LogP contribution in [0.3, 0.4) is 0 Å². The zero-order chi connectivity index (χ0) is 11.4. The lowest BCUT2D eigenvalue weighted by atomic mass is 10.0. The fraction of sp³-hybridized carbons (Fsp3) is 0.714. The summed E-state index contributed by atoms with van der Waals surface area (Å²) >= 11 is 0. The number of Topliss-reactive ketones (excluding diaryl/α,β-unsaturated/α-hetero) is 1. The molecule has 0 heterocycles. The SMILES string of the molecule is CC(CCC(=O)CP(=O)(O)O)C(=O)O. The molecule has 0 amide bonds. The Bertz CT molecular complexity index is 267. The number of hydrogen-bond acceptors (Lipinski definition) is 3. The second kappa shape index (κ2) is 5.24. The molecule has 14 heavy (non-hydrogen) atoms. The molecule has 7 heteroatoms. The molecule has 0 aromatic carbocycles. The molecule has 0 aliphatic carbocycles.